The lowest BCUT2D eigenvalue weighted by atomic mass is 9.76. The minimum atomic E-state index is 0.477. The second-order valence-electron chi connectivity index (χ2n) is 6.13. The Labute approximate surface area is 133 Å². The highest BCUT2D eigenvalue weighted by atomic mass is 35.5. The largest absolute Gasteiger partial charge is 0.309 e. The highest BCUT2D eigenvalue weighted by molar-refractivity contribution is 7.10. The Hall–Kier alpha value is -0.0500. The van der Waals surface area contributed by atoms with Gasteiger partial charge in [0, 0.05) is 10.9 Å². The Bertz CT molecular complexity index is 382. The zero-order valence-electron chi connectivity index (χ0n) is 12.8. The third kappa shape index (κ3) is 4.22. The molecular weight excluding hydrogens is 286 g/mol. The summed E-state index contributed by atoms with van der Waals surface area (Å²) in [5.74, 6) is 1.74. The van der Waals surface area contributed by atoms with Crippen LogP contribution in [0.5, 0.6) is 0 Å². The quantitative estimate of drug-likeness (QED) is 0.646. The zero-order valence-corrected chi connectivity index (χ0v) is 14.4. The van der Waals surface area contributed by atoms with E-state index in [1.54, 1.807) is 0 Å². The summed E-state index contributed by atoms with van der Waals surface area (Å²) in [6.07, 6.45) is 9.48. The molecule has 0 amide bonds. The Morgan fingerprint density at radius 2 is 2.00 bits per heavy atom. The number of thiophene rings is 1. The first-order valence-electron chi connectivity index (χ1n) is 8.22. The molecule has 114 valence electrons. The van der Waals surface area contributed by atoms with Gasteiger partial charge in [-0.05, 0) is 49.1 Å². The van der Waals surface area contributed by atoms with Gasteiger partial charge in [-0.25, -0.2) is 0 Å². The third-order valence-electron chi connectivity index (χ3n) is 4.60. The molecule has 1 fully saturated rings. The fourth-order valence-electron chi connectivity index (χ4n) is 3.52. The summed E-state index contributed by atoms with van der Waals surface area (Å²) < 4.78 is 0. The molecule has 1 unspecified atom stereocenters. The lowest BCUT2D eigenvalue weighted by Crippen LogP contribution is -2.31. The van der Waals surface area contributed by atoms with Gasteiger partial charge in [0.1, 0.15) is 0 Å². The molecule has 20 heavy (non-hydrogen) atoms. The van der Waals surface area contributed by atoms with Gasteiger partial charge < -0.3 is 5.32 Å². The first-order valence-corrected chi connectivity index (χ1v) is 9.48. The van der Waals surface area contributed by atoms with Gasteiger partial charge in [0.25, 0.3) is 0 Å². The molecule has 2 rings (SSSR count). The van der Waals surface area contributed by atoms with E-state index in [9.17, 15) is 0 Å². The van der Waals surface area contributed by atoms with Crippen LogP contribution in [0.15, 0.2) is 11.4 Å². The highest BCUT2D eigenvalue weighted by Crippen LogP contribution is 2.41. The van der Waals surface area contributed by atoms with Crippen molar-refractivity contribution in [2.24, 2.45) is 11.8 Å². The van der Waals surface area contributed by atoms with Crippen LogP contribution < -0.4 is 5.32 Å². The van der Waals surface area contributed by atoms with Crippen LogP contribution in [-0.2, 0) is 0 Å². The highest BCUT2D eigenvalue weighted by Gasteiger charge is 2.29. The molecule has 3 heteroatoms. The van der Waals surface area contributed by atoms with Crippen molar-refractivity contribution >= 4 is 22.9 Å². The summed E-state index contributed by atoms with van der Waals surface area (Å²) >= 11 is 8.20. The topological polar surface area (TPSA) is 12.0 Å². The van der Waals surface area contributed by atoms with Gasteiger partial charge in [-0.15, -0.1) is 11.3 Å². The molecule has 1 aromatic heterocycles. The molecule has 1 aliphatic carbocycles. The smallest absolute Gasteiger partial charge is 0.0561 e. The van der Waals surface area contributed by atoms with Crippen LogP contribution in [-0.4, -0.2) is 6.54 Å². The van der Waals surface area contributed by atoms with Crippen molar-refractivity contribution < 1.29 is 0 Å². The van der Waals surface area contributed by atoms with Gasteiger partial charge in [0.15, 0.2) is 0 Å². The van der Waals surface area contributed by atoms with E-state index in [1.165, 1.54) is 49.8 Å². The number of halogens is 1. The summed E-state index contributed by atoms with van der Waals surface area (Å²) in [5, 5.41) is 6.84. The first kappa shape index (κ1) is 16.3. The van der Waals surface area contributed by atoms with E-state index in [0.717, 1.165) is 23.4 Å². The van der Waals surface area contributed by atoms with Gasteiger partial charge in [-0.1, -0.05) is 51.1 Å². The molecule has 0 spiro atoms. The third-order valence-corrected chi connectivity index (χ3v) is 6.04. The van der Waals surface area contributed by atoms with Crippen LogP contribution in [0, 0.1) is 11.8 Å². The van der Waals surface area contributed by atoms with Crippen LogP contribution in [0.3, 0.4) is 0 Å². The van der Waals surface area contributed by atoms with E-state index in [0.29, 0.717) is 6.04 Å². The maximum Gasteiger partial charge on any atom is 0.0561 e. The average molecular weight is 314 g/mol. The molecule has 0 aromatic carbocycles. The summed E-state index contributed by atoms with van der Waals surface area (Å²) in [5.41, 5.74) is 0. The van der Waals surface area contributed by atoms with Crippen LogP contribution in [0.4, 0.5) is 0 Å². The molecule has 0 bridgehead atoms. The Balaban J connectivity index is 1.99. The van der Waals surface area contributed by atoms with Crippen molar-refractivity contribution in [2.75, 3.05) is 6.54 Å². The molecule has 1 saturated carbocycles. The monoisotopic (exact) mass is 313 g/mol. The molecule has 1 atom stereocenters. The normalized spacial score (nSPS) is 24.8. The van der Waals surface area contributed by atoms with Gasteiger partial charge in [0.2, 0.25) is 0 Å². The molecule has 1 nitrogen and oxygen atoms in total. The predicted molar refractivity (Wildman–Crippen MR) is 90.7 cm³/mol. The van der Waals surface area contributed by atoms with Crippen LogP contribution >= 0.6 is 22.9 Å². The van der Waals surface area contributed by atoms with E-state index >= 15 is 0 Å². The second-order valence-corrected chi connectivity index (χ2v) is 7.49. The summed E-state index contributed by atoms with van der Waals surface area (Å²) in [4.78, 5) is 1.36. The van der Waals surface area contributed by atoms with Crippen molar-refractivity contribution in [3.63, 3.8) is 0 Å². The van der Waals surface area contributed by atoms with Gasteiger partial charge >= 0.3 is 0 Å². The van der Waals surface area contributed by atoms with Gasteiger partial charge in [-0.2, -0.15) is 0 Å². The number of hydrogen-bond donors (Lipinski definition) is 1. The van der Waals surface area contributed by atoms with Gasteiger partial charge in [-0.3, -0.25) is 0 Å². The number of rotatable bonds is 7. The molecule has 0 saturated heterocycles. The SMILES string of the molecule is CCCNC(c1sccc1Cl)C1CCC(CCC)CC1. The van der Waals surface area contributed by atoms with Crippen LogP contribution in [0.1, 0.15) is 69.7 Å². The second kappa shape index (κ2) is 8.41. The molecule has 1 heterocycles. The molecular formula is C17H28ClNS. The van der Waals surface area contributed by atoms with E-state index < -0.39 is 0 Å². The maximum atomic E-state index is 6.38. The van der Waals surface area contributed by atoms with E-state index in [-0.39, 0.29) is 0 Å². The maximum absolute atomic E-state index is 6.38. The molecule has 0 radical (unpaired) electrons. The fraction of sp³-hybridized carbons (Fsp3) is 0.765. The van der Waals surface area contributed by atoms with E-state index in [4.69, 9.17) is 11.6 Å². The van der Waals surface area contributed by atoms with Crippen LogP contribution in [0.2, 0.25) is 5.02 Å². The first-order chi connectivity index (χ1) is 9.76. The summed E-state index contributed by atoms with van der Waals surface area (Å²) in [6.45, 7) is 5.63. The van der Waals surface area contributed by atoms with Crippen molar-refractivity contribution in [1.82, 2.24) is 5.32 Å². The fourth-order valence-corrected chi connectivity index (χ4v) is 4.86. The molecule has 1 aliphatic rings. The van der Waals surface area contributed by atoms with Crippen molar-refractivity contribution in [1.29, 1.82) is 0 Å². The number of hydrogen-bond acceptors (Lipinski definition) is 2. The zero-order chi connectivity index (χ0) is 14.4. The Kier molecular flexibility index (Phi) is 6.86. The van der Waals surface area contributed by atoms with E-state index in [2.05, 4.69) is 24.5 Å². The molecule has 0 aliphatic heterocycles. The average Bonchev–Trinajstić information content (AvgIpc) is 2.88. The standard InChI is InChI=1S/C17H28ClNS/c1-3-5-13-6-8-14(9-7-13)16(19-11-4-2)17-15(18)10-12-20-17/h10,12-14,16,19H,3-9,11H2,1-2H3. The van der Waals surface area contributed by atoms with Crippen LogP contribution in [0.25, 0.3) is 0 Å². The minimum absolute atomic E-state index is 0.477. The molecule has 1 N–H and O–H groups in total. The predicted octanol–water partition coefficient (Wildman–Crippen LogP) is 6.05. The van der Waals surface area contributed by atoms with E-state index in [1.807, 2.05) is 17.4 Å². The van der Waals surface area contributed by atoms with Crippen molar-refractivity contribution in [2.45, 2.75) is 64.8 Å². The van der Waals surface area contributed by atoms with Crippen molar-refractivity contribution in [3.8, 4) is 0 Å². The van der Waals surface area contributed by atoms with Crippen molar-refractivity contribution in [3.05, 3.63) is 21.3 Å². The summed E-state index contributed by atoms with van der Waals surface area (Å²) in [6, 6.07) is 2.52. The Morgan fingerprint density at radius 1 is 1.25 bits per heavy atom. The summed E-state index contributed by atoms with van der Waals surface area (Å²) in [7, 11) is 0. The lowest BCUT2D eigenvalue weighted by Gasteiger charge is -2.34. The number of nitrogens with one attached hydrogen (secondary N) is 1. The Morgan fingerprint density at radius 3 is 2.55 bits per heavy atom. The minimum Gasteiger partial charge on any atom is -0.309 e. The van der Waals surface area contributed by atoms with Gasteiger partial charge in [0.05, 0.1) is 5.02 Å². The molecule has 1 aromatic rings. The lowest BCUT2D eigenvalue weighted by molar-refractivity contribution is 0.216.